The fourth-order valence-corrected chi connectivity index (χ4v) is 2.38. The first-order valence-electron chi connectivity index (χ1n) is 8.95. The van der Waals surface area contributed by atoms with Gasteiger partial charge in [-0.05, 0) is 38.1 Å². The van der Waals surface area contributed by atoms with Crippen molar-refractivity contribution >= 4 is 29.9 Å². The molecule has 156 valence electrons. The lowest BCUT2D eigenvalue weighted by Gasteiger charge is -2.20. The fourth-order valence-electron chi connectivity index (χ4n) is 2.38. The number of hydrogen-bond acceptors (Lipinski definition) is 5. The third-order valence-corrected chi connectivity index (χ3v) is 3.94. The SMILES string of the molecule is CCNC(=NCC(C)(O)c1cnn(C)c1)NCCOc1ccc(OC)cc1.I. The number of aliphatic hydroxyl groups is 1. The molecule has 1 atom stereocenters. The number of ether oxygens (including phenoxy) is 2. The summed E-state index contributed by atoms with van der Waals surface area (Å²) >= 11 is 0. The largest absolute Gasteiger partial charge is 0.497 e. The zero-order valence-corrected chi connectivity index (χ0v) is 19.1. The van der Waals surface area contributed by atoms with E-state index in [1.54, 1.807) is 31.1 Å². The van der Waals surface area contributed by atoms with Crippen molar-refractivity contribution in [2.45, 2.75) is 19.4 Å². The predicted octanol–water partition coefficient (Wildman–Crippen LogP) is 1.89. The van der Waals surface area contributed by atoms with Gasteiger partial charge in [0.2, 0.25) is 0 Å². The molecule has 28 heavy (non-hydrogen) atoms. The monoisotopic (exact) mass is 503 g/mol. The van der Waals surface area contributed by atoms with Gasteiger partial charge in [-0.25, -0.2) is 4.99 Å². The normalized spacial score (nSPS) is 13.2. The summed E-state index contributed by atoms with van der Waals surface area (Å²) in [6.45, 7) is 5.71. The van der Waals surface area contributed by atoms with Crippen LogP contribution in [0.5, 0.6) is 11.5 Å². The van der Waals surface area contributed by atoms with Gasteiger partial charge in [0.15, 0.2) is 5.96 Å². The van der Waals surface area contributed by atoms with Gasteiger partial charge in [-0.15, -0.1) is 24.0 Å². The molecule has 0 bridgehead atoms. The first-order valence-corrected chi connectivity index (χ1v) is 8.95. The first kappa shape index (κ1) is 24.0. The minimum absolute atomic E-state index is 0. The summed E-state index contributed by atoms with van der Waals surface area (Å²) in [5.41, 5.74) is -0.358. The average Bonchev–Trinajstić information content (AvgIpc) is 3.11. The smallest absolute Gasteiger partial charge is 0.191 e. The Labute approximate surface area is 183 Å². The second kappa shape index (κ2) is 11.7. The molecule has 0 aliphatic heterocycles. The first-order chi connectivity index (χ1) is 12.9. The van der Waals surface area contributed by atoms with Gasteiger partial charge in [0.25, 0.3) is 0 Å². The van der Waals surface area contributed by atoms with Crippen LogP contribution in [0, 0.1) is 0 Å². The second-order valence-electron chi connectivity index (χ2n) is 6.32. The van der Waals surface area contributed by atoms with Gasteiger partial charge >= 0.3 is 0 Å². The lowest BCUT2D eigenvalue weighted by molar-refractivity contribution is 0.0672. The molecule has 1 unspecified atom stereocenters. The molecule has 1 heterocycles. The molecule has 0 radical (unpaired) electrons. The molecule has 1 aromatic heterocycles. The highest BCUT2D eigenvalue weighted by Gasteiger charge is 2.24. The molecule has 0 aliphatic carbocycles. The van der Waals surface area contributed by atoms with Gasteiger partial charge in [0, 0.05) is 25.4 Å². The van der Waals surface area contributed by atoms with E-state index in [9.17, 15) is 5.11 Å². The summed E-state index contributed by atoms with van der Waals surface area (Å²) in [5.74, 6) is 2.20. The number of hydrogen-bond donors (Lipinski definition) is 3. The topological polar surface area (TPSA) is 92.9 Å². The molecule has 0 fully saturated rings. The third kappa shape index (κ3) is 7.55. The highest BCUT2D eigenvalue weighted by molar-refractivity contribution is 14.0. The molecular formula is C19H30IN5O3. The van der Waals surface area contributed by atoms with Crippen molar-refractivity contribution in [1.29, 1.82) is 0 Å². The zero-order chi connectivity index (χ0) is 19.7. The molecule has 0 saturated carbocycles. The van der Waals surface area contributed by atoms with E-state index in [0.717, 1.165) is 23.6 Å². The molecule has 1 aromatic carbocycles. The van der Waals surface area contributed by atoms with Crippen molar-refractivity contribution in [3.63, 3.8) is 0 Å². The van der Waals surface area contributed by atoms with Crippen LogP contribution in [0.15, 0.2) is 41.7 Å². The zero-order valence-electron chi connectivity index (χ0n) is 16.8. The number of nitrogens with one attached hydrogen (secondary N) is 2. The predicted molar refractivity (Wildman–Crippen MR) is 121 cm³/mol. The van der Waals surface area contributed by atoms with Crippen molar-refractivity contribution < 1.29 is 14.6 Å². The van der Waals surface area contributed by atoms with E-state index in [4.69, 9.17) is 9.47 Å². The molecule has 2 rings (SSSR count). The Bertz CT molecular complexity index is 731. The van der Waals surface area contributed by atoms with E-state index in [1.165, 1.54) is 0 Å². The van der Waals surface area contributed by atoms with Gasteiger partial charge < -0.3 is 25.2 Å². The lowest BCUT2D eigenvalue weighted by Crippen LogP contribution is -2.40. The average molecular weight is 503 g/mol. The van der Waals surface area contributed by atoms with E-state index in [0.29, 0.717) is 19.1 Å². The number of guanidine groups is 1. The summed E-state index contributed by atoms with van der Waals surface area (Å²) in [6.07, 6.45) is 3.44. The Balaban J connectivity index is 0.00000392. The molecule has 3 N–H and O–H groups in total. The molecule has 8 nitrogen and oxygen atoms in total. The molecule has 0 spiro atoms. The van der Waals surface area contributed by atoms with Crippen LogP contribution in [0.1, 0.15) is 19.4 Å². The third-order valence-electron chi connectivity index (χ3n) is 3.94. The quantitative estimate of drug-likeness (QED) is 0.210. The van der Waals surface area contributed by atoms with Gasteiger partial charge in [-0.3, -0.25) is 4.68 Å². The van der Waals surface area contributed by atoms with Crippen molar-refractivity contribution in [3.05, 3.63) is 42.2 Å². The molecule has 0 saturated heterocycles. The molecule has 0 amide bonds. The van der Waals surface area contributed by atoms with Crippen LogP contribution >= 0.6 is 24.0 Å². The van der Waals surface area contributed by atoms with Crippen molar-refractivity contribution in [2.24, 2.45) is 12.0 Å². The van der Waals surface area contributed by atoms with Crippen LogP contribution in [0.3, 0.4) is 0 Å². The van der Waals surface area contributed by atoms with Crippen LogP contribution in [0.25, 0.3) is 0 Å². The van der Waals surface area contributed by atoms with Crippen molar-refractivity contribution in [3.8, 4) is 11.5 Å². The summed E-state index contributed by atoms with van der Waals surface area (Å²) < 4.78 is 12.5. The summed E-state index contributed by atoms with van der Waals surface area (Å²) in [5, 5.41) is 21.1. The van der Waals surface area contributed by atoms with Crippen LogP contribution < -0.4 is 20.1 Å². The molecule has 9 heteroatoms. The number of aromatic nitrogens is 2. The van der Waals surface area contributed by atoms with Crippen LogP contribution in [-0.2, 0) is 12.6 Å². The van der Waals surface area contributed by atoms with E-state index in [2.05, 4.69) is 20.7 Å². The number of aliphatic imine (C=N–C) groups is 1. The van der Waals surface area contributed by atoms with E-state index in [-0.39, 0.29) is 30.5 Å². The number of rotatable bonds is 9. The second-order valence-corrected chi connectivity index (χ2v) is 6.32. The highest BCUT2D eigenvalue weighted by atomic mass is 127. The van der Waals surface area contributed by atoms with Gasteiger partial charge in [0.1, 0.15) is 23.7 Å². The van der Waals surface area contributed by atoms with E-state index >= 15 is 0 Å². The van der Waals surface area contributed by atoms with E-state index in [1.807, 2.05) is 38.2 Å². The maximum absolute atomic E-state index is 10.6. The van der Waals surface area contributed by atoms with Crippen molar-refractivity contribution in [1.82, 2.24) is 20.4 Å². The Morgan fingerprint density at radius 1 is 1.25 bits per heavy atom. The maximum atomic E-state index is 10.6. The summed E-state index contributed by atoms with van der Waals surface area (Å²) in [6, 6.07) is 7.44. The number of nitrogens with zero attached hydrogens (tertiary/aromatic N) is 3. The van der Waals surface area contributed by atoms with E-state index < -0.39 is 5.60 Å². The molecule has 2 aromatic rings. The summed E-state index contributed by atoms with van der Waals surface area (Å²) in [4.78, 5) is 4.47. The maximum Gasteiger partial charge on any atom is 0.191 e. The Morgan fingerprint density at radius 3 is 2.50 bits per heavy atom. The fraction of sp³-hybridized carbons (Fsp3) is 0.474. The van der Waals surface area contributed by atoms with Gasteiger partial charge in [-0.2, -0.15) is 5.10 Å². The number of aryl methyl sites for hydroxylation is 1. The van der Waals surface area contributed by atoms with Crippen LogP contribution in [0.4, 0.5) is 0 Å². The standard InChI is InChI=1S/C19H29N5O3.HI/c1-5-20-18(22-14-19(2,25)15-12-23-24(3)13-15)21-10-11-27-17-8-6-16(26-4)7-9-17;/h6-9,12-13,25H,5,10-11,14H2,1-4H3,(H2,20,21,22);1H. The minimum atomic E-state index is -1.09. The van der Waals surface area contributed by atoms with Crippen LogP contribution in [0.2, 0.25) is 0 Å². The molecular weight excluding hydrogens is 473 g/mol. The Morgan fingerprint density at radius 2 is 1.93 bits per heavy atom. The number of benzene rings is 1. The highest BCUT2D eigenvalue weighted by Crippen LogP contribution is 2.20. The Hall–Kier alpha value is -2.01. The Kier molecular flexibility index (Phi) is 10.1. The minimum Gasteiger partial charge on any atom is -0.497 e. The number of methoxy groups -OCH3 is 1. The van der Waals surface area contributed by atoms with Gasteiger partial charge in [0.05, 0.1) is 26.4 Å². The number of halogens is 1. The van der Waals surface area contributed by atoms with Crippen LogP contribution in [-0.4, -0.2) is 54.2 Å². The molecule has 0 aliphatic rings. The van der Waals surface area contributed by atoms with Crippen molar-refractivity contribution in [2.75, 3.05) is 33.4 Å². The lowest BCUT2D eigenvalue weighted by atomic mass is 10.0. The summed E-state index contributed by atoms with van der Waals surface area (Å²) in [7, 11) is 3.45. The van der Waals surface area contributed by atoms with Gasteiger partial charge in [-0.1, -0.05) is 0 Å².